The lowest BCUT2D eigenvalue weighted by Gasteiger charge is -2.10. The Hall–Kier alpha value is -1.43. The van der Waals surface area contributed by atoms with Gasteiger partial charge in [0.15, 0.2) is 5.82 Å². The summed E-state index contributed by atoms with van der Waals surface area (Å²) in [4.78, 5) is 8.59. The molecule has 1 N–H and O–H groups in total. The van der Waals surface area contributed by atoms with E-state index < -0.39 is 0 Å². The molecule has 0 saturated heterocycles. The van der Waals surface area contributed by atoms with Gasteiger partial charge in [-0.25, -0.2) is 14.6 Å². The molecule has 0 fully saturated rings. The fraction of sp³-hybridized carbons (Fsp3) is 0.462. The Balaban J connectivity index is 2.47. The molecule has 2 rings (SSSR count). The molecule has 0 aromatic carbocycles. The molecular weight excluding hydrogens is 306 g/mol. The Labute approximate surface area is 121 Å². The molecule has 0 atom stereocenters. The van der Waals surface area contributed by atoms with Crippen LogP contribution in [0, 0.1) is 20.8 Å². The van der Waals surface area contributed by atoms with Gasteiger partial charge in [-0.2, -0.15) is 5.10 Å². The van der Waals surface area contributed by atoms with Crippen molar-refractivity contribution in [2.75, 3.05) is 11.9 Å². The van der Waals surface area contributed by atoms with Gasteiger partial charge in [-0.1, -0.05) is 6.92 Å². The second-order valence-electron chi connectivity index (χ2n) is 4.49. The molecular formula is C13H18BrN5. The third kappa shape index (κ3) is 2.63. The molecule has 0 radical (unpaired) electrons. The van der Waals surface area contributed by atoms with Gasteiger partial charge in [0.2, 0.25) is 0 Å². The van der Waals surface area contributed by atoms with Gasteiger partial charge in [-0.05, 0) is 48.7 Å². The van der Waals surface area contributed by atoms with Gasteiger partial charge >= 0.3 is 0 Å². The summed E-state index contributed by atoms with van der Waals surface area (Å²) in [5.74, 6) is 1.57. The summed E-state index contributed by atoms with van der Waals surface area (Å²) in [6, 6.07) is 0. The molecule has 2 aromatic rings. The minimum Gasteiger partial charge on any atom is -0.369 e. The van der Waals surface area contributed by atoms with Crippen LogP contribution in [-0.4, -0.2) is 26.3 Å². The van der Waals surface area contributed by atoms with Crippen molar-refractivity contribution in [1.82, 2.24) is 19.7 Å². The quantitative estimate of drug-likeness (QED) is 0.938. The van der Waals surface area contributed by atoms with Crippen molar-refractivity contribution in [2.24, 2.45) is 0 Å². The third-order valence-corrected chi connectivity index (χ3v) is 3.90. The molecule has 0 amide bonds. The van der Waals surface area contributed by atoms with Gasteiger partial charge in [0.05, 0.1) is 5.69 Å². The molecule has 2 aromatic heterocycles. The monoisotopic (exact) mass is 323 g/mol. The number of nitrogens with one attached hydrogen (secondary N) is 1. The van der Waals surface area contributed by atoms with Crippen molar-refractivity contribution >= 4 is 21.7 Å². The van der Waals surface area contributed by atoms with Crippen LogP contribution < -0.4 is 5.32 Å². The maximum Gasteiger partial charge on any atom is 0.173 e. The SMILES string of the molecule is CCCNc1ncnc(-n2nc(C)c(C)c2C)c1Br. The largest absolute Gasteiger partial charge is 0.369 e. The summed E-state index contributed by atoms with van der Waals surface area (Å²) in [6.07, 6.45) is 2.61. The molecule has 0 aliphatic carbocycles. The Morgan fingerprint density at radius 2 is 2.00 bits per heavy atom. The van der Waals surface area contributed by atoms with E-state index in [9.17, 15) is 0 Å². The maximum atomic E-state index is 4.53. The van der Waals surface area contributed by atoms with Crippen molar-refractivity contribution in [3.63, 3.8) is 0 Å². The van der Waals surface area contributed by atoms with Crippen LogP contribution in [0.3, 0.4) is 0 Å². The highest BCUT2D eigenvalue weighted by molar-refractivity contribution is 9.10. The first-order valence-corrected chi connectivity index (χ1v) is 7.13. The van der Waals surface area contributed by atoms with Crippen LogP contribution >= 0.6 is 15.9 Å². The topological polar surface area (TPSA) is 55.6 Å². The summed E-state index contributed by atoms with van der Waals surface area (Å²) in [6.45, 7) is 9.12. The predicted octanol–water partition coefficient (Wildman–Crippen LogP) is 3.17. The van der Waals surface area contributed by atoms with Gasteiger partial charge in [-0.3, -0.25) is 0 Å². The van der Waals surface area contributed by atoms with E-state index in [-0.39, 0.29) is 0 Å². The minimum absolute atomic E-state index is 0.766. The number of anilines is 1. The minimum atomic E-state index is 0.766. The highest BCUT2D eigenvalue weighted by Gasteiger charge is 2.15. The predicted molar refractivity (Wildman–Crippen MR) is 79.8 cm³/mol. The standard InChI is InChI=1S/C13H18BrN5/c1-5-6-15-12-11(14)13(17-7-16-12)19-10(4)8(2)9(3)18-19/h7H,5-6H2,1-4H3,(H,15,16,17). The number of nitrogens with zero attached hydrogens (tertiary/aromatic N) is 4. The lowest BCUT2D eigenvalue weighted by atomic mass is 10.2. The van der Waals surface area contributed by atoms with Gasteiger partial charge in [0, 0.05) is 12.2 Å². The number of aromatic nitrogens is 4. The third-order valence-electron chi connectivity index (χ3n) is 3.17. The van der Waals surface area contributed by atoms with Crippen molar-refractivity contribution in [3.05, 3.63) is 27.8 Å². The second kappa shape index (κ2) is 5.69. The molecule has 102 valence electrons. The van der Waals surface area contributed by atoms with Crippen LogP contribution in [0.4, 0.5) is 5.82 Å². The van der Waals surface area contributed by atoms with Gasteiger partial charge < -0.3 is 5.32 Å². The molecule has 0 aliphatic heterocycles. The van der Waals surface area contributed by atoms with Gasteiger partial charge in [0.1, 0.15) is 16.6 Å². The lowest BCUT2D eigenvalue weighted by molar-refractivity contribution is 0.794. The lowest BCUT2D eigenvalue weighted by Crippen LogP contribution is -2.08. The molecule has 0 spiro atoms. The number of halogens is 1. The van der Waals surface area contributed by atoms with E-state index in [0.717, 1.165) is 40.5 Å². The van der Waals surface area contributed by atoms with Crippen LogP contribution in [0.25, 0.3) is 5.82 Å². The summed E-state index contributed by atoms with van der Waals surface area (Å²) in [5, 5.41) is 7.81. The number of rotatable bonds is 4. The first-order chi connectivity index (χ1) is 9.06. The van der Waals surface area contributed by atoms with E-state index in [1.807, 2.05) is 18.5 Å². The molecule has 0 saturated carbocycles. The van der Waals surface area contributed by atoms with E-state index >= 15 is 0 Å². The Kier molecular flexibility index (Phi) is 4.19. The average Bonchev–Trinajstić information content (AvgIpc) is 2.65. The van der Waals surface area contributed by atoms with Gasteiger partial charge in [-0.15, -0.1) is 0 Å². The summed E-state index contributed by atoms with van der Waals surface area (Å²) in [7, 11) is 0. The van der Waals surface area contributed by atoms with E-state index in [4.69, 9.17) is 0 Å². The van der Waals surface area contributed by atoms with Crippen molar-refractivity contribution in [2.45, 2.75) is 34.1 Å². The highest BCUT2D eigenvalue weighted by atomic mass is 79.9. The molecule has 2 heterocycles. The molecule has 19 heavy (non-hydrogen) atoms. The molecule has 0 aliphatic rings. The van der Waals surface area contributed by atoms with Crippen LogP contribution in [0.5, 0.6) is 0 Å². The fourth-order valence-electron chi connectivity index (χ4n) is 1.80. The normalized spacial score (nSPS) is 10.8. The average molecular weight is 324 g/mol. The Bertz CT molecular complexity index is 591. The Morgan fingerprint density at radius 3 is 2.58 bits per heavy atom. The van der Waals surface area contributed by atoms with Crippen molar-refractivity contribution in [3.8, 4) is 5.82 Å². The maximum absolute atomic E-state index is 4.53. The molecule has 5 nitrogen and oxygen atoms in total. The Morgan fingerprint density at radius 1 is 1.26 bits per heavy atom. The molecule has 0 unspecified atom stereocenters. The number of hydrogen-bond donors (Lipinski definition) is 1. The van der Waals surface area contributed by atoms with E-state index in [2.05, 4.69) is 50.2 Å². The zero-order chi connectivity index (χ0) is 14.0. The van der Waals surface area contributed by atoms with Crippen LogP contribution in [0.15, 0.2) is 10.8 Å². The van der Waals surface area contributed by atoms with Crippen LogP contribution in [-0.2, 0) is 0 Å². The summed E-state index contributed by atoms with van der Waals surface area (Å²) >= 11 is 3.57. The molecule has 0 bridgehead atoms. The smallest absolute Gasteiger partial charge is 0.173 e. The number of hydrogen-bond acceptors (Lipinski definition) is 4. The highest BCUT2D eigenvalue weighted by Crippen LogP contribution is 2.27. The first-order valence-electron chi connectivity index (χ1n) is 6.33. The molecule has 6 heteroatoms. The zero-order valence-corrected chi connectivity index (χ0v) is 13.2. The number of aryl methyl sites for hydroxylation is 1. The summed E-state index contributed by atoms with van der Waals surface area (Å²) < 4.78 is 2.70. The fourth-order valence-corrected chi connectivity index (χ4v) is 2.31. The summed E-state index contributed by atoms with van der Waals surface area (Å²) in [5.41, 5.74) is 3.30. The van der Waals surface area contributed by atoms with E-state index in [1.54, 1.807) is 6.33 Å². The second-order valence-corrected chi connectivity index (χ2v) is 5.29. The van der Waals surface area contributed by atoms with Crippen molar-refractivity contribution < 1.29 is 0 Å². The van der Waals surface area contributed by atoms with Crippen molar-refractivity contribution in [1.29, 1.82) is 0 Å². The van der Waals surface area contributed by atoms with E-state index in [0.29, 0.717) is 0 Å². The first kappa shape index (κ1) is 14.0. The van der Waals surface area contributed by atoms with Gasteiger partial charge in [0.25, 0.3) is 0 Å². The zero-order valence-electron chi connectivity index (χ0n) is 11.7. The van der Waals surface area contributed by atoms with E-state index in [1.165, 1.54) is 5.56 Å². The van der Waals surface area contributed by atoms with Crippen LogP contribution in [0.2, 0.25) is 0 Å². The van der Waals surface area contributed by atoms with Crippen LogP contribution in [0.1, 0.15) is 30.3 Å².